The van der Waals surface area contributed by atoms with Gasteiger partial charge in [0.1, 0.15) is 6.54 Å². The van der Waals surface area contributed by atoms with Crippen LogP contribution in [0.5, 0.6) is 0 Å². The molecule has 1 aromatic heterocycles. The van der Waals surface area contributed by atoms with E-state index in [1.54, 1.807) is 0 Å². The minimum Gasteiger partial charge on any atom is -0.481 e. The molecule has 0 unspecified atom stereocenters. The number of aliphatic carboxylic acids is 1. The number of nitrogens with zero attached hydrogens (tertiary/aromatic N) is 3. The van der Waals surface area contributed by atoms with Gasteiger partial charge in [-0.1, -0.05) is 0 Å². The minimum absolute atomic E-state index is 0.0497. The van der Waals surface area contributed by atoms with Gasteiger partial charge in [-0.05, 0) is 0 Å². The van der Waals surface area contributed by atoms with Crippen molar-refractivity contribution in [2.75, 3.05) is 11.4 Å². The maximum atomic E-state index is 12.2. The number of anilines is 1. The molecule has 0 aliphatic carbocycles. The van der Waals surface area contributed by atoms with Crippen LogP contribution in [0.4, 0.5) is 18.9 Å². The smallest absolute Gasteiger partial charge is 0.408 e. The Morgan fingerprint density at radius 1 is 1.53 bits per heavy atom. The van der Waals surface area contributed by atoms with Crippen molar-refractivity contribution in [3.05, 3.63) is 12.4 Å². The van der Waals surface area contributed by atoms with E-state index in [4.69, 9.17) is 5.11 Å². The van der Waals surface area contributed by atoms with Crippen LogP contribution in [0, 0.1) is 5.92 Å². The highest BCUT2D eigenvalue weighted by atomic mass is 19.4. The standard InChI is InChI=1S/C10H10F3N3O3/c11-10(12,13)5-15-4-7(2-14-15)16-3-6(9(18)19)1-8(16)17/h2,4,6H,1,3,5H2,(H,18,19)/t6-/m0/s1. The van der Waals surface area contributed by atoms with Crippen molar-refractivity contribution in [3.63, 3.8) is 0 Å². The number of carboxylic acid groups (broad SMARTS) is 1. The summed E-state index contributed by atoms with van der Waals surface area (Å²) in [5, 5.41) is 12.3. The SMILES string of the molecule is O=C(O)[C@H]1CC(=O)N(c2cnn(CC(F)(F)F)c2)C1. The lowest BCUT2D eigenvalue weighted by atomic mass is 10.1. The second-order valence-electron chi connectivity index (χ2n) is 4.25. The molecule has 6 nitrogen and oxygen atoms in total. The van der Waals surface area contributed by atoms with Crippen molar-refractivity contribution in [2.24, 2.45) is 5.92 Å². The molecule has 0 saturated carbocycles. The monoisotopic (exact) mass is 277 g/mol. The second-order valence-corrected chi connectivity index (χ2v) is 4.25. The molecule has 1 N–H and O–H groups in total. The summed E-state index contributed by atoms with van der Waals surface area (Å²) in [6.07, 6.45) is -2.36. The molecule has 1 fully saturated rings. The first-order chi connectivity index (χ1) is 8.76. The Kier molecular flexibility index (Phi) is 3.21. The predicted molar refractivity (Wildman–Crippen MR) is 56.4 cm³/mol. The highest BCUT2D eigenvalue weighted by Crippen LogP contribution is 2.25. The highest BCUT2D eigenvalue weighted by molar-refractivity contribution is 5.98. The number of carboxylic acids is 1. The van der Waals surface area contributed by atoms with Crippen LogP contribution in [-0.4, -0.2) is 39.5 Å². The van der Waals surface area contributed by atoms with E-state index >= 15 is 0 Å². The van der Waals surface area contributed by atoms with E-state index in [2.05, 4.69) is 5.10 Å². The van der Waals surface area contributed by atoms with Crippen molar-refractivity contribution < 1.29 is 27.9 Å². The summed E-state index contributed by atoms with van der Waals surface area (Å²) >= 11 is 0. The largest absolute Gasteiger partial charge is 0.481 e. The van der Waals surface area contributed by atoms with Crippen LogP contribution in [0.25, 0.3) is 0 Å². The number of carbonyl (C=O) groups is 2. The maximum absolute atomic E-state index is 12.2. The highest BCUT2D eigenvalue weighted by Gasteiger charge is 2.36. The molecule has 1 atom stereocenters. The van der Waals surface area contributed by atoms with Gasteiger partial charge < -0.3 is 10.0 Å². The molecule has 9 heteroatoms. The number of aromatic nitrogens is 2. The van der Waals surface area contributed by atoms with E-state index in [9.17, 15) is 22.8 Å². The molecule has 1 amide bonds. The van der Waals surface area contributed by atoms with Crippen molar-refractivity contribution in [3.8, 4) is 0 Å². The van der Waals surface area contributed by atoms with Gasteiger partial charge in [-0.15, -0.1) is 0 Å². The molecule has 1 saturated heterocycles. The predicted octanol–water partition coefficient (Wildman–Crippen LogP) is 0.883. The van der Waals surface area contributed by atoms with Crippen LogP contribution in [0.3, 0.4) is 0 Å². The first kappa shape index (κ1) is 13.4. The van der Waals surface area contributed by atoms with Crippen molar-refractivity contribution in [1.82, 2.24) is 9.78 Å². The fourth-order valence-electron chi connectivity index (χ4n) is 1.88. The number of amides is 1. The summed E-state index contributed by atoms with van der Waals surface area (Å²) in [4.78, 5) is 23.5. The Balaban J connectivity index is 2.11. The molecule has 1 aliphatic rings. The Morgan fingerprint density at radius 2 is 2.21 bits per heavy atom. The average Bonchev–Trinajstić information content (AvgIpc) is 2.82. The van der Waals surface area contributed by atoms with E-state index < -0.39 is 30.5 Å². The van der Waals surface area contributed by atoms with Crippen LogP contribution in [0.1, 0.15) is 6.42 Å². The summed E-state index contributed by atoms with van der Waals surface area (Å²) in [7, 11) is 0. The lowest BCUT2D eigenvalue weighted by Gasteiger charge is -2.12. The van der Waals surface area contributed by atoms with Gasteiger partial charge in [-0.2, -0.15) is 18.3 Å². The number of alkyl halides is 3. The van der Waals surface area contributed by atoms with Gasteiger partial charge >= 0.3 is 12.1 Å². The minimum atomic E-state index is -4.40. The summed E-state index contributed by atoms with van der Waals surface area (Å²) < 4.78 is 37.1. The van der Waals surface area contributed by atoms with Crippen LogP contribution < -0.4 is 4.90 Å². The van der Waals surface area contributed by atoms with Gasteiger partial charge in [0.2, 0.25) is 5.91 Å². The van der Waals surface area contributed by atoms with E-state index in [1.165, 1.54) is 0 Å². The number of rotatable bonds is 3. The number of hydrogen-bond donors (Lipinski definition) is 1. The van der Waals surface area contributed by atoms with Crippen LogP contribution in [0.15, 0.2) is 12.4 Å². The van der Waals surface area contributed by atoms with Gasteiger partial charge in [0.15, 0.2) is 0 Å². The topological polar surface area (TPSA) is 75.4 Å². The third kappa shape index (κ3) is 3.04. The summed E-state index contributed by atoms with van der Waals surface area (Å²) in [5.74, 6) is -2.36. The molecule has 0 bridgehead atoms. The van der Waals surface area contributed by atoms with Gasteiger partial charge in [-0.3, -0.25) is 14.3 Å². The third-order valence-electron chi connectivity index (χ3n) is 2.75. The fourth-order valence-corrected chi connectivity index (χ4v) is 1.88. The zero-order valence-corrected chi connectivity index (χ0v) is 9.59. The van der Waals surface area contributed by atoms with Gasteiger partial charge in [0.25, 0.3) is 0 Å². The van der Waals surface area contributed by atoms with Crippen LogP contribution in [0.2, 0.25) is 0 Å². The zero-order chi connectivity index (χ0) is 14.2. The van der Waals surface area contributed by atoms with Gasteiger partial charge in [-0.25, -0.2) is 0 Å². The quantitative estimate of drug-likeness (QED) is 0.890. The molecular weight excluding hydrogens is 267 g/mol. The second kappa shape index (κ2) is 4.56. The summed E-state index contributed by atoms with van der Waals surface area (Å²) in [5.41, 5.74) is 0.179. The number of hydrogen-bond acceptors (Lipinski definition) is 3. The number of carbonyl (C=O) groups excluding carboxylic acids is 1. The lowest BCUT2D eigenvalue weighted by Crippen LogP contribution is -2.25. The van der Waals surface area contributed by atoms with E-state index in [1.807, 2.05) is 0 Å². The van der Waals surface area contributed by atoms with Crippen LogP contribution >= 0.6 is 0 Å². The Labute approximate surface area is 105 Å². The molecule has 0 radical (unpaired) electrons. The van der Waals surface area contributed by atoms with E-state index in [0.717, 1.165) is 17.3 Å². The first-order valence-electron chi connectivity index (χ1n) is 5.38. The Morgan fingerprint density at radius 3 is 2.74 bits per heavy atom. The fraction of sp³-hybridized carbons (Fsp3) is 0.500. The molecule has 1 aromatic rings. The molecule has 104 valence electrons. The molecule has 0 aromatic carbocycles. The maximum Gasteiger partial charge on any atom is 0.408 e. The molecular formula is C10H10F3N3O3. The average molecular weight is 277 g/mol. The van der Waals surface area contributed by atoms with Gasteiger partial charge in [0.05, 0.1) is 17.8 Å². The normalized spacial score (nSPS) is 20.1. The third-order valence-corrected chi connectivity index (χ3v) is 2.75. The zero-order valence-electron chi connectivity index (χ0n) is 9.59. The van der Waals surface area contributed by atoms with E-state index in [0.29, 0.717) is 4.68 Å². The van der Waals surface area contributed by atoms with Gasteiger partial charge in [0, 0.05) is 19.2 Å². The van der Waals surface area contributed by atoms with Crippen LogP contribution in [-0.2, 0) is 16.1 Å². The summed E-state index contributed by atoms with van der Waals surface area (Å²) in [6.45, 7) is -1.30. The molecule has 19 heavy (non-hydrogen) atoms. The molecule has 1 aliphatic heterocycles. The molecule has 0 spiro atoms. The number of halogens is 3. The Bertz CT molecular complexity index is 512. The first-order valence-corrected chi connectivity index (χ1v) is 5.38. The molecule has 2 rings (SSSR count). The van der Waals surface area contributed by atoms with Crippen molar-refractivity contribution in [1.29, 1.82) is 0 Å². The van der Waals surface area contributed by atoms with Crippen molar-refractivity contribution >= 4 is 17.6 Å². The Hall–Kier alpha value is -2.06. The summed E-state index contributed by atoms with van der Waals surface area (Å²) in [6, 6.07) is 0. The lowest BCUT2D eigenvalue weighted by molar-refractivity contribution is -0.143. The molecule has 2 heterocycles. The van der Waals surface area contributed by atoms with E-state index in [-0.39, 0.29) is 18.7 Å². The van der Waals surface area contributed by atoms with Crippen molar-refractivity contribution in [2.45, 2.75) is 19.1 Å².